The normalized spacial score (nSPS) is 15.6. The van der Waals surface area contributed by atoms with Gasteiger partial charge in [0.25, 0.3) is 0 Å². The monoisotopic (exact) mass is 226 g/mol. The number of halogens is 2. The van der Waals surface area contributed by atoms with E-state index in [0.717, 1.165) is 12.1 Å². The number of carbonyl (C=O) groups is 1. The zero-order valence-corrected chi connectivity index (χ0v) is 8.59. The summed E-state index contributed by atoms with van der Waals surface area (Å²) in [5.74, 6) is -1.71. The molecule has 5 heteroatoms. The van der Waals surface area contributed by atoms with E-state index in [1.54, 1.807) is 0 Å². The summed E-state index contributed by atoms with van der Waals surface area (Å²) >= 11 is 0. The Labute approximate surface area is 91.8 Å². The van der Waals surface area contributed by atoms with Crippen LogP contribution < -0.4 is 10.6 Å². The molecule has 1 aromatic carbocycles. The second-order valence-electron chi connectivity index (χ2n) is 3.80. The van der Waals surface area contributed by atoms with Crippen molar-refractivity contribution in [2.24, 2.45) is 0 Å². The lowest BCUT2D eigenvalue weighted by molar-refractivity contribution is -0.121. The Balaban J connectivity index is 1.99. The van der Waals surface area contributed by atoms with Crippen LogP contribution >= 0.6 is 0 Å². The van der Waals surface area contributed by atoms with Gasteiger partial charge in [-0.15, -0.1) is 0 Å². The summed E-state index contributed by atoms with van der Waals surface area (Å²) in [6.45, 7) is 1.43. The van der Waals surface area contributed by atoms with E-state index in [9.17, 15) is 13.6 Å². The van der Waals surface area contributed by atoms with Gasteiger partial charge in [-0.1, -0.05) is 6.07 Å². The van der Waals surface area contributed by atoms with Gasteiger partial charge < -0.3 is 10.6 Å². The van der Waals surface area contributed by atoms with E-state index < -0.39 is 11.6 Å². The Morgan fingerprint density at radius 1 is 1.38 bits per heavy atom. The molecular formula is C11H12F2N2O. The third kappa shape index (κ3) is 2.36. The molecule has 1 aliphatic heterocycles. The van der Waals surface area contributed by atoms with Crippen molar-refractivity contribution < 1.29 is 13.6 Å². The molecule has 0 spiro atoms. The van der Waals surface area contributed by atoms with Gasteiger partial charge in [0.2, 0.25) is 5.91 Å². The van der Waals surface area contributed by atoms with Gasteiger partial charge in [-0.2, -0.15) is 0 Å². The van der Waals surface area contributed by atoms with Gasteiger partial charge in [0, 0.05) is 18.7 Å². The summed E-state index contributed by atoms with van der Waals surface area (Å²) in [5.41, 5.74) is -0.174. The van der Waals surface area contributed by atoms with Gasteiger partial charge in [-0.3, -0.25) is 4.79 Å². The van der Waals surface area contributed by atoms with Crippen LogP contribution in [0.2, 0.25) is 0 Å². The van der Waals surface area contributed by atoms with Crippen molar-refractivity contribution in [2.75, 3.05) is 13.1 Å². The molecule has 0 saturated carbocycles. The number of carbonyl (C=O) groups excluding carboxylic acids is 1. The van der Waals surface area contributed by atoms with Crippen LogP contribution in [0.25, 0.3) is 0 Å². The Morgan fingerprint density at radius 3 is 2.50 bits per heavy atom. The molecule has 86 valence electrons. The van der Waals surface area contributed by atoms with E-state index in [2.05, 4.69) is 10.6 Å². The Morgan fingerprint density at radius 2 is 2.00 bits per heavy atom. The quantitative estimate of drug-likeness (QED) is 0.792. The summed E-state index contributed by atoms with van der Waals surface area (Å²) in [4.78, 5) is 11.4. The molecule has 2 rings (SSSR count). The summed E-state index contributed by atoms with van der Waals surface area (Å²) in [5, 5.41) is 5.67. The topological polar surface area (TPSA) is 41.1 Å². The maximum absolute atomic E-state index is 13.2. The van der Waals surface area contributed by atoms with Crippen LogP contribution in [0, 0.1) is 11.6 Å². The molecule has 0 atom stereocenters. The van der Waals surface area contributed by atoms with Crippen molar-refractivity contribution in [1.82, 2.24) is 10.6 Å². The number of amides is 1. The van der Waals surface area contributed by atoms with E-state index in [1.807, 2.05) is 0 Å². The number of rotatable bonds is 3. The maximum atomic E-state index is 13.2. The highest BCUT2D eigenvalue weighted by Crippen LogP contribution is 2.12. The minimum absolute atomic E-state index is 0.0855. The second-order valence-corrected chi connectivity index (χ2v) is 3.80. The van der Waals surface area contributed by atoms with Crippen LogP contribution in [0.4, 0.5) is 8.78 Å². The molecule has 1 aromatic rings. The van der Waals surface area contributed by atoms with Crippen molar-refractivity contribution in [3.8, 4) is 0 Å². The first-order chi connectivity index (χ1) is 7.66. The van der Waals surface area contributed by atoms with Crippen molar-refractivity contribution in [2.45, 2.75) is 12.5 Å². The van der Waals surface area contributed by atoms with Gasteiger partial charge in [-0.25, -0.2) is 8.78 Å². The molecule has 1 aliphatic rings. The van der Waals surface area contributed by atoms with Gasteiger partial charge in [0.05, 0.1) is 12.5 Å². The van der Waals surface area contributed by atoms with Gasteiger partial charge in [0.1, 0.15) is 11.6 Å². The minimum Gasteiger partial charge on any atom is -0.351 e. The molecule has 1 fully saturated rings. The van der Waals surface area contributed by atoms with Crippen LogP contribution in [0.3, 0.4) is 0 Å². The molecule has 0 bridgehead atoms. The molecule has 2 N–H and O–H groups in total. The number of hydrogen-bond donors (Lipinski definition) is 2. The number of nitrogens with one attached hydrogen (secondary N) is 2. The number of hydrogen-bond acceptors (Lipinski definition) is 2. The Bertz CT molecular complexity index is 385. The predicted octanol–water partition coefficient (Wildman–Crippen LogP) is 0.595. The molecule has 0 radical (unpaired) electrons. The van der Waals surface area contributed by atoms with Crippen LogP contribution in [0.15, 0.2) is 18.2 Å². The van der Waals surface area contributed by atoms with Crippen LogP contribution in [-0.2, 0) is 11.2 Å². The maximum Gasteiger partial charge on any atom is 0.224 e. The van der Waals surface area contributed by atoms with Crippen LogP contribution in [0.5, 0.6) is 0 Å². The molecule has 0 unspecified atom stereocenters. The van der Waals surface area contributed by atoms with Crippen LogP contribution in [-0.4, -0.2) is 25.0 Å². The molecule has 0 aliphatic carbocycles. The Hall–Kier alpha value is -1.49. The molecule has 3 nitrogen and oxygen atoms in total. The van der Waals surface area contributed by atoms with E-state index in [-0.39, 0.29) is 23.9 Å². The first-order valence-electron chi connectivity index (χ1n) is 5.10. The zero-order valence-electron chi connectivity index (χ0n) is 8.59. The molecular weight excluding hydrogens is 214 g/mol. The first kappa shape index (κ1) is 11.0. The highest BCUT2D eigenvalue weighted by atomic mass is 19.1. The van der Waals surface area contributed by atoms with Crippen molar-refractivity contribution >= 4 is 5.91 Å². The van der Waals surface area contributed by atoms with Crippen LogP contribution in [0.1, 0.15) is 5.56 Å². The lowest BCUT2D eigenvalue weighted by Gasteiger charge is -2.27. The van der Waals surface area contributed by atoms with E-state index in [0.29, 0.717) is 13.1 Å². The fraction of sp³-hybridized carbons (Fsp3) is 0.364. The summed E-state index contributed by atoms with van der Waals surface area (Å²) < 4.78 is 26.4. The zero-order chi connectivity index (χ0) is 11.5. The van der Waals surface area contributed by atoms with Gasteiger partial charge >= 0.3 is 0 Å². The van der Waals surface area contributed by atoms with Gasteiger partial charge in [0.15, 0.2) is 0 Å². The lowest BCUT2D eigenvalue weighted by atomic mass is 10.1. The highest BCUT2D eigenvalue weighted by Gasteiger charge is 2.20. The smallest absolute Gasteiger partial charge is 0.224 e. The molecule has 0 aromatic heterocycles. The van der Waals surface area contributed by atoms with Crippen molar-refractivity contribution in [1.29, 1.82) is 0 Å². The molecule has 16 heavy (non-hydrogen) atoms. The summed E-state index contributed by atoms with van der Waals surface area (Å²) in [7, 11) is 0. The molecule has 1 amide bonds. The fourth-order valence-corrected chi connectivity index (χ4v) is 1.53. The van der Waals surface area contributed by atoms with E-state index in [1.165, 1.54) is 6.07 Å². The SMILES string of the molecule is O=C(Cc1c(F)cccc1F)NC1CNC1. The Kier molecular flexibility index (Phi) is 3.14. The van der Waals surface area contributed by atoms with Gasteiger partial charge in [-0.05, 0) is 12.1 Å². The molecule has 1 heterocycles. The van der Waals surface area contributed by atoms with Crippen molar-refractivity contribution in [3.05, 3.63) is 35.4 Å². The highest BCUT2D eigenvalue weighted by molar-refractivity contribution is 5.79. The fourth-order valence-electron chi connectivity index (χ4n) is 1.53. The largest absolute Gasteiger partial charge is 0.351 e. The van der Waals surface area contributed by atoms with E-state index in [4.69, 9.17) is 0 Å². The summed E-state index contributed by atoms with van der Waals surface area (Å²) in [6, 6.07) is 3.66. The average Bonchev–Trinajstić information content (AvgIpc) is 2.18. The minimum atomic E-state index is -0.679. The third-order valence-electron chi connectivity index (χ3n) is 2.55. The standard InChI is InChI=1S/C11H12F2N2O/c12-9-2-1-3-10(13)8(9)4-11(16)15-7-5-14-6-7/h1-3,7,14H,4-6H2,(H,15,16). The number of benzene rings is 1. The second kappa shape index (κ2) is 4.57. The predicted molar refractivity (Wildman–Crippen MR) is 54.9 cm³/mol. The third-order valence-corrected chi connectivity index (χ3v) is 2.55. The molecule has 1 saturated heterocycles. The average molecular weight is 226 g/mol. The summed E-state index contributed by atoms with van der Waals surface area (Å²) in [6.07, 6.45) is -0.255. The van der Waals surface area contributed by atoms with E-state index >= 15 is 0 Å². The lowest BCUT2D eigenvalue weighted by Crippen LogP contribution is -2.57. The first-order valence-corrected chi connectivity index (χ1v) is 5.10. The van der Waals surface area contributed by atoms with Crippen molar-refractivity contribution in [3.63, 3.8) is 0 Å².